The van der Waals surface area contributed by atoms with E-state index in [2.05, 4.69) is 10.0 Å². The zero-order valence-electron chi connectivity index (χ0n) is 11.4. The molecule has 0 aliphatic rings. The highest BCUT2D eigenvalue weighted by atomic mass is 32.2. The van der Waals surface area contributed by atoms with Gasteiger partial charge in [-0.05, 0) is 32.1 Å². The van der Waals surface area contributed by atoms with Gasteiger partial charge in [-0.3, -0.25) is 0 Å². The van der Waals surface area contributed by atoms with E-state index in [0.717, 1.165) is 6.54 Å². The number of nitrogens with one attached hydrogen (secondary N) is 2. The lowest BCUT2D eigenvalue weighted by atomic mass is 10.3. The second-order valence-corrected chi connectivity index (χ2v) is 5.61. The average Bonchev–Trinajstić information content (AvgIpc) is 2.42. The Hall–Kier alpha value is -1.31. The highest BCUT2D eigenvalue weighted by Gasteiger charge is 2.19. The zero-order valence-corrected chi connectivity index (χ0v) is 12.2. The maximum atomic E-state index is 12.1. The van der Waals surface area contributed by atoms with E-state index >= 15 is 0 Å². The molecule has 1 aromatic rings. The summed E-state index contributed by atoms with van der Waals surface area (Å²) in [6.45, 7) is 1.13. The van der Waals surface area contributed by atoms with Crippen LogP contribution in [0.25, 0.3) is 0 Å². The Labute approximate surface area is 114 Å². The first-order chi connectivity index (χ1) is 9.05. The van der Waals surface area contributed by atoms with Crippen LogP contribution in [0.5, 0.6) is 11.5 Å². The molecular weight excluding hydrogens is 268 g/mol. The molecule has 0 fully saturated rings. The van der Waals surface area contributed by atoms with Crippen LogP contribution >= 0.6 is 0 Å². The SMILES string of the molecule is CNCCCNS(=O)(=O)c1ccc(OC)cc1OC. The molecule has 0 saturated heterocycles. The van der Waals surface area contributed by atoms with E-state index < -0.39 is 10.0 Å². The predicted octanol–water partition coefficient (Wildman–Crippen LogP) is 0.592. The highest BCUT2D eigenvalue weighted by molar-refractivity contribution is 7.89. The summed E-state index contributed by atoms with van der Waals surface area (Å²) in [6, 6.07) is 4.60. The Morgan fingerprint density at radius 2 is 1.89 bits per heavy atom. The second-order valence-electron chi connectivity index (χ2n) is 3.87. The molecule has 0 aliphatic heterocycles. The number of benzene rings is 1. The van der Waals surface area contributed by atoms with Crippen molar-refractivity contribution in [3.63, 3.8) is 0 Å². The van der Waals surface area contributed by atoms with Crippen LogP contribution < -0.4 is 19.5 Å². The molecule has 0 saturated carbocycles. The maximum absolute atomic E-state index is 12.1. The van der Waals surface area contributed by atoms with Gasteiger partial charge in [-0.2, -0.15) is 0 Å². The molecule has 108 valence electrons. The quantitative estimate of drug-likeness (QED) is 0.685. The third-order valence-corrected chi connectivity index (χ3v) is 4.06. The maximum Gasteiger partial charge on any atom is 0.244 e. The fraction of sp³-hybridized carbons (Fsp3) is 0.500. The Bertz CT molecular complexity index is 502. The van der Waals surface area contributed by atoms with Crippen LogP contribution in [0.4, 0.5) is 0 Å². The molecule has 0 heterocycles. The summed E-state index contributed by atoms with van der Waals surface area (Å²) in [6.07, 6.45) is 0.716. The van der Waals surface area contributed by atoms with E-state index in [-0.39, 0.29) is 10.6 Å². The molecule has 0 radical (unpaired) electrons. The zero-order chi connectivity index (χ0) is 14.3. The van der Waals surface area contributed by atoms with E-state index in [4.69, 9.17) is 9.47 Å². The minimum absolute atomic E-state index is 0.111. The van der Waals surface area contributed by atoms with Crippen molar-refractivity contribution in [2.24, 2.45) is 0 Å². The van der Waals surface area contributed by atoms with Crippen molar-refractivity contribution in [2.75, 3.05) is 34.4 Å². The first-order valence-electron chi connectivity index (χ1n) is 5.91. The summed E-state index contributed by atoms with van der Waals surface area (Å²) in [7, 11) is 1.19. The summed E-state index contributed by atoms with van der Waals surface area (Å²) in [5.74, 6) is 0.812. The van der Waals surface area contributed by atoms with Crippen molar-refractivity contribution in [1.82, 2.24) is 10.0 Å². The number of hydrogen-bond acceptors (Lipinski definition) is 5. The van der Waals surface area contributed by atoms with Crippen molar-refractivity contribution in [1.29, 1.82) is 0 Å². The van der Waals surface area contributed by atoms with Crippen LogP contribution in [0, 0.1) is 0 Å². The average molecular weight is 288 g/mol. The third kappa shape index (κ3) is 4.38. The van der Waals surface area contributed by atoms with Gasteiger partial charge in [0.05, 0.1) is 14.2 Å². The van der Waals surface area contributed by atoms with E-state index in [1.54, 1.807) is 12.1 Å². The summed E-state index contributed by atoms with van der Waals surface area (Å²) in [5, 5.41) is 2.96. The van der Waals surface area contributed by atoms with Crippen molar-refractivity contribution in [2.45, 2.75) is 11.3 Å². The van der Waals surface area contributed by atoms with Crippen molar-refractivity contribution in [3.05, 3.63) is 18.2 Å². The lowest BCUT2D eigenvalue weighted by Crippen LogP contribution is -2.27. The molecule has 0 spiro atoms. The topological polar surface area (TPSA) is 76.7 Å². The number of methoxy groups -OCH3 is 2. The fourth-order valence-corrected chi connectivity index (χ4v) is 2.77. The number of hydrogen-bond donors (Lipinski definition) is 2. The van der Waals surface area contributed by atoms with E-state index in [1.165, 1.54) is 20.3 Å². The summed E-state index contributed by atoms with van der Waals surface area (Å²) in [4.78, 5) is 0.111. The second kappa shape index (κ2) is 7.32. The molecule has 0 atom stereocenters. The van der Waals surface area contributed by atoms with Crippen LogP contribution in [0.15, 0.2) is 23.1 Å². The van der Waals surface area contributed by atoms with E-state index in [0.29, 0.717) is 18.7 Å². The van der Waals surface area contributed by atoms with Crippen LogP contribution in [0.2, 0.25) is 0 Å². The van der Waals surface area contributed by atoms with Crippen molar-refractivity contribution in [3.8, 4) is 11.5 Å². The summed E-state index contributed by atoms with van der Waals surface area (Å²) in [5.41, 5.74) is 0. The minimum atomic E-state index is -3.57. The highest BCUT2D eigenvalue weighted by Crippen LogP contribution is 2.28. The third-order valence-electron chi connectivity index (χ3n) is 2.56. The number of sulfonamides is 1. The first-order valence-corrected chi connectivity index (χ1v) is 7.39. The number of ether oxygens (including phenoxy) is 2. The van der Waals surface area contributed by atoms with Gasteiger partial charge in [0, 0.05) is 12.6 Å². The molecule has 0 unspecified atom stereocenters. The number of rotatable bonds is 8. The van der Waals surface area contributed by atoms with Crippen LogP contribution in [0.3, 0.4) is 0 Å². The largest absolute Gasteiger partial charge is 0.497 e. The lowest BCUT2D eigenvalue weighted by Gasteiger charge is -2.11. The van der Waals surface area contributed by atoms with Gasteiger partial charge in [0.2, 0.25) is 10.0 Å². The standard InChI is InChI=1S/C12H20N2O4S/c1-13-7-4-8-14-19(15,16)12-6-5-10(17-2)9-11(12)18-3/h5-6,9,13-14H,4,7-8H2,1-3H3. The van der Waals surface area contributed by atoms with Gasteiger partial charge < -0.3 is 14.8 Å². The molecule has 0 aliphatic carbocycles. The van der Waals surface area contributed by atoms with Crippen LogP contribution in [0.1, 0.15) is 6.42 Å². The molecule has 19 heavy (non-hydrogen) atoms. The van der Waals surface area contributed by atoms with Gasteiger partial charge in [-0.25, -0.2) is 13.1 Å². The molecule has 1 aromatic carbocycles. The van der Waals surface area contributed by atoms with Gasteiger partial charge in [0.25, 0.3) is 0 Å². The van der Waals surface area contributed by atoms with Crippen LogP contribution in [-0.2, 0) is 10.0 Å². The Balaban J connectivity index is 2.88. The molecule has 0 bridgehead atoms. The molecule has 6 nitrogen and oxygen atoms in total. The lowest BCUT2D eigenvalue weighted by molar-refractivity contribution is 0.386. The Morgan fingerprint density at radius 3 is 2.47 bits per heavy atom. The van der Waals surface area contributed by atoms with E-state index in [9.17, 15) is 8.42 Å². The van der Waals surface area contributed by atoms with Gasteiger partial charge in [0.15, 0.2) is 0 Å². The van der Waals surface area contributed by atoms with Crippen molar-refractivity contribution < 1.29 is 17.9 Å². The molecule has 0 aromatic heterocycles. The molecule has 7 heteroatoms. The van der Waals surface area contributed by atoms with Crippen LogP contribution in [-0.4, -0.2) is 42.8 Å². The Morgan fingerprint density at radius 1 is 1.16 bits per heavy atom. The van der Waals surface area contributed by atoms with Gasteiger partial charge in [-0.1, -0.05) is 0 Å². The molecule has 0 amide bonds. The predicted molar refractivity (Wildman–Crippen MR) is 73.3 cm³/mol. The van der Waals surface area contributed by atoms with E-state index in [1.807, 2.05) is 7.05 Å². The minimum Gasteiger partial charge on any atom is -0.497 e. The molecule has 1 rings (SSSR count). The van der Waals surface area contributed by atoms with Gasteiger partial charge >= 0.3 is 0 Å². The van der Waals surface area contributed by atoms with Crippen molar-refractivity contribution >= 4 is 10.0 Å². The molecular formula is C12H20N2O4S. The van der Waals surface area contributed by atoms with Gasteiger partial charge in [-0.15, -0.1) is 0 Å². The fourth-order valence-electron chi connectivity index (χ4n) is 1.55. The summed E-state index contributed by atoms with van der Waals surface area (Å²) >= 11 is 0. The monoisotopic (exact) mass is 288 g/mol. The summed E-state index contributed by atoms with van der Waals surface area (Å²) < 4.78 is 36.9. The van der Waals surface area contributed by atoms with Gasteiger partial charge in [0.1, 0.15) is 16.4 Å². The molecule has 2 N–H and O–H groups in total. The normalized spacial score (nSPS) is 11.3. The Kier molecular flexibility index (Phi) is 6.07. The smallest absolute Gasteiger partial charge is 0.244 e. The first kappa shape index (κ1) is 15.7.